The van der Waals surface area contributed by atoms with Crippen LogP contribution in [0.25, 0.3) is 0 Å². The molecule has 0 aliphatic heterocycles. The van der Waals surface area contributed by atoms with Crippen LogP contribution in [0.2, 0.25) is 0 Å². The molecule has 25 heavy (non-hydrogen) atoms. The van der Waals surface area contributed by atoms with Crippen LogP contribution >= 0.6 is 11.8 Å². The van der Waals surface area contributed by atoms with E-state index in [0.717, 1.165) is 12.8 Å². The predicted molar refractivity (Wildman–Crippen MR) is 104 cm³/mol. The lowest BCUT2D eigenvalue weighted by molar-refractivity contribution is 0.0724. The number of carbonyl (C=O) groups excluding carboxylic acids is 1. The highest BCUT2D eigenvalue weighted by atomic mass is 32.2. The molecule has 0 amide bonds. The van der Waals surface area contributed by atoms with Crippen molar-refractivity contribution in [2.24, 2.45) is 5.92 Å². The van der Waals surface area contributed by atoms with E-state index in [1.165, 1.54) is 11.8 Å². The number of aldehydes is 1. The van der Waals surface area contributed by atoms with Gasteiger partial charge in [-0.15, -0.1) is 11.8 Å². The van der Waals surface area contributed by atoms with Crippen LogP contribution in [0.3, 0.4) is 0 Å². The second-order valence-electron chi connectivity index (χ2n) is 7.01. The fourth-order valence-corrected chi connectivity index (χ4v) is 2.74. The van der Waals surface area contributed by atoms with Gasteiger partial charge in [0.15, 0.2) is 5.44 Å². The first kappa shape index (κ1) is 22.0. The summed E-state index contributed by atoms with van der Waals surface area (Å²) >= 11 is 1.34. The number of aliphatic hydroxyl groups is 1. The van der Waals surface area contributed by atoms with Gasteiger partial charge in [-0.1, -0.05) is 26.0 Å². The second kappa shape index (κ2) is 10.2. The third-order valence-corrected chi connectivity index (χ3v) is 4.67. The van der Waals surface area contributed by atoms with Crippen LogP contribution in [0.1, 0.15) is 50.9 Å². The molecule has 1 rings (SSSR count). The van der Waals surface area contributed by atoms with Crippen LogP contribution in [0.15, 0.2) is 18.2 Å². The summed E-state index contributed by atoms with van der Waals surface area (Å²) in [6, 6.07) is 4.94. The third kappa shape index (κ3) is 7.02. The average Bonchev–Trinajstić information content (AvgIpc) is 2.57. The van der Waals surface area contributed by atoms with Crippen molar-refractivity contribution < 1.29 is 24.3 Å². The van der Waals surface area contributed by atoms with Gasteiger partial charge in [-0.05, 0) is 44.9 Å². The first-order chi connectivity index (χ1) is 11.7. The fraction of sp³-hybridized carbons (Fsp3) is 0.611. The van der Waals surface area contributed by atoms with Gasteiger partial charge in [-0.2, -0.15) is 0 Å². The van der Waals surface area contributed by atoms with Gasteiger partial charge in [0, 0.05) is 16.6 Å². The minimum Gasteiger partial charge on any atom is -0.478 e. The summed E-state index contributed by atoms with van der Waals surface area (Å²) in [5.41, 5.74) is -0.431. The summed E-state index contributed by atoms with van der Waals surface area (Å²) in [6.45, 7) is 7.93. The normalized spacial score (nSPS) is 13.0. The van der Waals surface area contributed by atoms with Crippen LogP contribution in [0.4, 0.5) is 0 Å². The Kier molecular flexibility index (Phi) is 9.00. The Morgan fingerprint density at radius 2 is 2.04 bits per heavy atom. The van der Waals surface area contributed by atoms with Gasteiger partial charge in [0.1, 0.15) is 12.0 Å². The van der Waals surface area contributed by atoms with Crippen molar-refractivity contribution >= 4 is 30.6 Å². The first-order valence-corrected chi connectivity index (χ1v) is 9.77. The zero-order valence-corrected chi connectivity index (χ0v) is 16.5. The molecule has 0 aromatic heterocycles. The number of thioether (sulfide) groups is 1. The lowest BCUT2D eigenvalue weighted by atomic mass is 9.74. The van der Waals surface area contributed by atoms with Crippen molar-refractivity contribution in [1.29, 1.82) is 0 Å². The molecule has 0 heterocycles. The van der Waals surface area contributed by atoms with E-state index in [-0.39, 0.29) is 6.61 Å². The van der Waals surface area contributed by atoms with E-state index in [9.17, 15) is 14.9 Å². The Hall–Kier alpha value is -1.02. The largest absolute Gasteiger partial charge is 0.496 e. The second-order valence-corrected chi connectivity index (χ2v) is 8.00. The molecule has 1 aromatic rings. The molecular weight excluding hydrogens is 339 g/mol. The highest BCUT2D eigenvalue weighted by Crippen LogP contribution is 2.23. The highest BCUT2D eigenvalue weighted by molar-refractivity contribution is 7.99. The average molecular weight is 368 g/mol. The van der Waals surface area contributed by atoms with E-state index in [4.69, 9.17) is 9.39 Å². The molecule has 0 aliphatic carbocycles. The highest BCUT2D eigenvalue weighted by Gasteiger charge is 2.32. The smallest absolute Gasteiger partial charge is 0.478 e. The maximum atomic E-state index is 11.4. The maximum Gasteiger partial charge on any atom is 0.496 e. The molecule has 0 fully saturated rings. The predicted octanol–water partition coefficient (Wildman–Crippen LogP) is 2.48. The van der Waals surface area contributed by atoms with E-state index >= 15 is 0 Å². The summed E-state index contributed by atoms with van der Waals surface area (Å²) in [4.78, 5) is 11.4. The van der Waals surface area contributed by atoms with E-state index in [1.54, 1.807) is 18.2 Å². The lowest BCUT2D eigenvalue weighted by Gasteiger charge is -2.29. The van der Waals surface area contributed by atoms with Crippen LogP contribution < -0.4 is 10.2 Å². The lowest BCUT2D eigenvalue weighted by Crippen LogP contribution is -2.44. The zero-order chi connectivity index (χ0) is 19.0. The van der Waals surface area contributed by atoms with Gasteiger partial charge in [0.05, 0.1) is 6.61 Å². The van der Waals surface area contributed by atoms with Crippen LogP contribution in [-0.2, 0) is 4.65 Å². The number of rotatable bonds is 11. The molecule has 7 heteroatoms. The van der Waals surface area contributed by atoms with Gasteiger partial charge >= 0.3 is 7.12 Å². The van der Waals surface area contributed by atoms with Crippen molar-refractivity contribution in [2.75, 3.05) is 12.9 Å². The molecule has 1 aromatic carbocycles. The van der Waals surface area contributed by atoms with E-state index < -0.39 is 18.2 Å². The SMILES string of the molecule is CSC(CO)Oc1cccc(C=O)c1B(O)OC(C)(C)CCC(C)C. The van der Waals surface area contributed by atoms with E-state index in [1.807, 2.05) is 20.1 Å². The van der Waals surface area contributed by atoms with Crippen molar-refractivity contribution in [3.05, 3.63) is 23.8 Å². The van der Waals surface area contributed by atoms with Crippen molar-refractivity contribution in [2.45, 2.75) is 51.6 Å². The quantitative estimate of drug-likeness (QED) is 0.355. The summed E-state index contributed by atoms with van der Waals surface area (Å²) < 4.78 is 11.6. The third-order valence-electron chi connectivity index (χ3n) is 3.90. The molecule has 0 bridgehead atoms. The minimum absolute atomic E-state index is 0.178. The molecule has 0 aliphatic rings. The molecular formula is C18H29BO5S. The Bertz CT molecular complexity index is 546. The minimum atomic E-state index is -1.29. The van der Waals surface area contributed by atoms with Gasteiger partial charge in [0.25, 0.3) is 0 Å². The Morgan fingerprint density at radius 1 is 1.36 bits per heavy atom. The maximum absolute atomic E-state index is 11.4. The number of hydrogen-bond donors (Lipinski definition) is 2. The Morgan fingerprint density at radius 3 is 2.56 bits per heavy atom. The summed E-state index contributed by atoms with van der Waals surface area (Å²) in [5, 5.41) is 20.0. The topological polar surface area (TPSA) is 76.0 Å². The van der Waals surface area contributed by atoms with Crippen LogP contribution in [0, 0.1) is 5.92 Å². The molecule has 2 N–H and O–H groups in total. The van der Waals surface area contributed by atoms with Crippen LogP contribution in [0.5, 0.6) is 5.75 Å². The number of ether oxygens (including phenoxy) is 1. The van der Waals surface area contributed by atoms with Crippen LogP contribution in [-0.4, -0.2) is 47.4 Å². The molecule has 5 nitrogen and oxygen atoms in total. The fourth-order valence-electron chi connectivity index (χ4n) is 2.39. The van der Waals surface area contributed by atoms with Gasteiger partial charge in [0.2, 0.25) is 0 Å². The molecule has 1 unspecified atom stereocenters. The zero-order valence-electron chi connectivity index (χ0n) is 15.7. The molecule has 0 radical (unpaired) electrons. The van der Waals surface area contributed by atoms with Gasteiger partial charge in [-0.25, -0.2) is 0 Å². The summed E-state index contributed by atoms with van der Waals surface area (Å²) in [6.07, 6.45) is 4.23. The Balaban J connectivity index is 3.05. The summed E-state index contributed by atoms with van der Waals surface area (Å²) in [7, 11) is -1.29. The molecule has 0 saturated heterocycles. The van der Waals surface area contributed by atoms with E-state index in [0.29, 0.717) is 29.0 Å². The number of aliphatic hydroxyl groups excluding tert-OH is 1. The first-order valence-electron chi connectivity index (χ1n) is 8.48. The number of benzene rings is 1. The molecule has 1 atom stereocenters. The van der Waals surface area contributed by atoms with Crippen molar-refractivity contribution in [3.63, 3.8) is 0 Å². The van der Waals surface area contributed by atoms with Crippen molar-refractivity contribution in [3.8, 4) is 5.75 Å². The van der Waals surface area contributed by atoms with Gasteiger partial charge < -0.3 is 19.5 Å². The number of hydrogen-bond acceptors (Lipinski definition) is 6. The van der Waals surface area contributed by atoms with E-state index in [2.05, 4.69) is 13.8 Å². The Labute approximate surface area is 155 Å². The standard InChI is InChI=1S/C18H29BO5S/c1-13(2)9-10-18(3,4)24-19(22)17-14(11-20)7-6-8-15(17)23-16(12-21)25-5/h6-8,11,13,16,21-22H,9-10,12H2,1-5H3. The number of carbonyl (C=O) groups is 1. The monoisotopic (exact) mass is 368 g/mol. The molecule has 0 saturated carbocycles. The summed E-state index contributed by atoms with van der Waals surface area (Å²) in [5.74, 6) is 0.873. The van der Waals surface area contributed by atoms with Crippen molar-refractivity contribution in [1.82, 2.24) is 0 Å². The van der Waals surface area contributed by atoms with Gasteiger partial charge in [-0.3, -0.25) is 4.79 Å². The molecule has 0 spiro atoms. The molecule has 140 valence electrons.